The van der Waals surface area contributed by atoms with Crippen LogP contribution in [0.4, 0.5) is 10.2 Å². The maximum absolute atomic E-state index is 13.7. The minimum absolute atomic E-state index is 0.0183. The maximum Gasteiger partial charge on any atom is 0.180 e. The normalized spacial score (nSPS) is 11.4. The molecule has 5 nitrogen and oxygen atoms in total. The van der Waals surface area contributed by atoms with Gasteiger partial charge in [-0.15, -0.1) is 0 Å². The van der Waals surface area contributed by atoms with Gasteiger partial charge in [-0.05, 0) is 19.1 Å². The predicted molar refractivity (Wildman–Crippen MR) is 78.6 cm³/mol. The van der Waals surface area contributed by atoms with Gasteiger partial charge in [0.1, 0.15) is 22.4 Å². The molecule has 21 heavy (non-hydrogen) atoms. The molecule has 2 rings (SSSR count). The molecule has 0 amide bonds. The number of aromatic nitrogens is 2. The second-order valence-electron chi connectivity index (χ2n) is 4.46. The number of hydrogen-bond donors (Lipinski definition) is 1. The number of rotatable bonds is 4. The summed E-state index contributed by atoms with van der Waals surface area (Å²) in [5, 5.41) is 3.06. The number of nitrogens with one attached hydrogen (secondary N) is 1. The summed E-state index contributed by atoms with van der Waals surface area (Å²) in [4.78, 5) is 7.87. The van der Waals surface area contributed by atoms with Gasteiger partial charge < -0.3 is 5.32 Å². The quantitative estimate of drug-likeness (QED) is 0.933. The van der Waals surface area contributed by atoms with Crippen LogP contribution in [0.3, 0.4) is 0 Å². The minimum atomic E-state index is -3.49. The highest BCUT2D eigenvalue weighted by Crippen LogP contribution is 2.22. The average Bonchev–Trinajstić information content (AvgIpc) is 2.36. The molecule has 0 saturated carbocycles. The molecule has 1 N–H and O–H groups in total. The lowest BCUT2D eigenvalue weighted by Gasteiger charge is -2.11. The lowest BCUT2D eigenvalue weighted by Crippen LogP contribution is -2.11. The molecule has 1 aromatic carbocycles. The maximum atomic E-state index is 13.7. The lowest BCUT2D eigenvalue weighted by atomic mass is 10.2. The van der Waals surface area contributed by atoms with E-state index in [-0.39, 0.29) is 27.8 Å². The third-order valence-corrected chi connectivity index (χ3v) is 4.22. The Kier molecular flexibility index (Phi) is 4.43. The third kappa shape index (κ3) is 3.68. The molecule has 112 valence electrons. The fourth-order valence-electron chi connectivity index (χ4n) is 1.73. The number of anilines is 1. The average molecular weight is 330 g/mol. The monoisotopic (exact) mass is 329 g/mol. The van der Waals surface area contributed by atoms with Crippen LogP contribution < -0.4 is 5.32 Å². The molecule has 0 aliphatic carbocycles. The fourth-order valence-corrected chi connectivity index (χ4v) is 2.67. The van der Waals surface area contributed by atoms with E-state index in [1.54, 1.807) is 13.0 Å². The van der Waals surface area contributed by atoms with Crippen LogP contribution in [0.5, 0.6) is 0 Å². The zero-order valence-corrected chi connectivity index (χ0v) is 13.0. The molecule has 2 aromatic rings. The molecular weight excluding hydrogens is 317 g/mol. The Morgan fingerprint density at radius 2 is 2.10 bits per heavy atom. The first-order valence-corrected chi connectivity index (χ1v) is 8.26. The Labute approximate surface area is 127 Å². The molecule has 1 aromatic heterocycles. The van der Waals surface area contributed by atoms with Gasteiger partial charge in [0.15, 0.2) is 9.84 Å². The Bertz CT molecular complexity index is 761. The van der Waals surface area contributed by atoms with Gasteiger partial charge in [-0.1, -0.05) is 17.7 Å². The van der Waals surface area contributed by atoms with Crippen LogP contribution in [0.2, 0.25) is 5.02 Å². The summed E-state index contributed by atoms with van der Waals surface area (Å²) in [6.45, 7) is 1.65. The number of nitrogens with zero attached hydrogens (tertiary/aromatic N) is 2. The van der Waals surface area contributed by atoms with Crippen molar-refractivity contribution in [2.45, 2.75) is 18.4 Å². The molecule has 0 bridgehead atoms. The largest absolute Gasteiger partial charge is 0.365 e. The first-order chi connectivity index (χ1) is 9.79. The van der Waals surface area contributed by atoms with E-state index in [0.29, 0.717) is 5.82 Å². The Morgan fingerprint density at radius 1 is 1.38 bits per heavy atom. The number of sulfone groups is 1. The van der Waals surface area contributed by atoms with Gasteiger partial charge in [0.05, 0.1) is 6.20 Å². The fraction of sp³-hybridized carbons (Fsp3) is 0.231. The van der Waals surface area contributed by atoms with Crippen LogP contribution in [0.25, 0.3) is 0 Å². The van der Waals surface area contributed by atoms with Gasteiger partial charge in [-0.3, -0.25) is 0 Å². The molecule has 0 saturated heterocycles. The highest BCUT2D eigenvalue weighted by molar-refractivity contribution is 7.90. The van der Waals surface area contributed by atoms with Crippen LogP contribution in [0.15, 0.2) is 29.3 Å². The summed E-state index contributed by atoms with van der Waals surface area (Å²) in [6, 6.07) is 4.34. The van der Waals surface area contributed by atoms with Gasteiger partial charge in [-0.25, -0.2) is 22.8 Å². The number of halogens is 2. The highest BCUT2D eigenvalue weighted by Gasteiger charge is 2.16. The highest BCUT2D eigenvalue weighted by atomic mass is 35.5. The number of benzene rings is 1. The van der Waals surface area contributed by atoms with Gasteiger partial charge in [0, 0.05) is 23.4 Å². The first kappa shape index (κ1) is 15.7. The van der Waals surface area contributed by atoms with E-state index in [0.717, 1.165) is 6.26 Å². The summed E-state index contributed by atoms with van der Waals surface area (Å²) in [5.74, 6) is 0.0653. The zero-order chi connectivity index (χ0) is 15.6. The van der Waals surface area contributed by atoms with Crippen molar-refractivity contribution >= 4 is 27.3 Å². The molecule has 1 heterocycles. The summed E-state index contributed by atoms with van der Waals surface area (Å²) in [6.07, 6.45) is 2.28. The number of hydrogen-bond acceptors (Lipinski definition) is 5. The molecule has 0 unspecified atom stereocenters. The van der Waals surface area contributed by atoms with E-state index in [1.165, 1.54) is 18.3 Å². The van der Waals surface area contributed by atoms with Crippen molar-refractivity contribution in [1.82, 2.24) is 9.97 Å². The Morgan fingerprint density at radius 3 is 2.71 bits per heavy atom. The summed E-state index contributed by atoms with van der Waals surface area (Å²) in [7, 11) is -3.49. The van der Waals surface area contributed by atoms with Crippen LogP contribution >= 0.6 is 11.6 Å². The molecule has 0 atom stereocenters. The SMILES string of the molecule is Cc1ncc(S(C)(=O)=O)c(NCc2c(F)cccc2Cl)n1. The van der Waals surface area contributed by atoms with Crippen molar-refractivity contribution in [3.05, 3.63) is 46.6 Å². The smallest absolute Gasteiger partial charge is 0.180 e. The minimum Gasteiger partial charge on any atom is -0.365 e. The van der Waals surface area contributed by atoms with E-state index in [1.807, 2.05) is 0 Å². The van der Waals surface area contributed by atoms with E-state index < -0.39 is 15.7 Å². The lowest BCUT2D eigenvalue weighted by molar-refractivity contribution is 0.601. The molecule has 0 aliphatic rings. The van der Waals surface area contributed by atoms with Crippen molar-refractivity contribution in [2.24, 2.45) is 0 Å². The van der Waals surface area contributed by atoms with Gasteiger partial charge in [-0.2, -0.15) is 0 Å². The van der Waals surface area contributed by atoms with Crippen molar-refractivity contribution in [3.63, 3.8) is 0 Å². The molecule has 0 aliphatic heterocycles. The molecular formula is C13H13ClFN3O2S. The van der Waals surface area contributed by atoms with Gasteiger partial charge >= 0.3 is 0 Å². The zero-order valence-electron chi connectivity index (χ0n) is 11.4. The van der Waals surface area contributed by atoms with Crippen molar-refractivity contribution < 1.29 is 12.8 Å². The molecule has 0 fully saturated rings. The summed E-state index contributed by atoms with van der Waals surface area (Å²) >= 11 is 5.93. The topological polar surface area (TPSA) is 72.0 Å². The van der Waals surface area contributed by atoms with E-state index in [9.17, 15) is 12.8 Å². The van der Waals surface area contributed by atoms with Gasteiger partial charge in [0.2, 0.25) is 0 Å². The summed E-state index contributed by atoms with van der Waals surface area (Å²) in [5.41, 5.74) is 0.245. The standard InChI is InChI=1S/C13H13ClFN3O2S/c1-8-16-7-12(21(2,19)20)13(18-8)17-6-9-10(14)4-3-5-11(9)15/h3-5,7H,6H2,1-2H3,(H,16,17,18). The molecule has 8 heteroatoms. The van der Waals surface area contributed by atoms with Crippen LogP contribution in [-0.2, 0) is 16.4 Å². The van der Waals surface area contributed by atoms with Crippen LogP contribution in [0.1, 0.15) is 11.4 Å². The van der Waals surface area contributed by atoms with E-state index in [4.69, 9.17) is 11.6 Å². The Balaban J connectivity index is 2.34. The predicted octanol–water partition coefficient (Wildman–Crippen LogP) is 2.59. The van der Waals surface area contributed by atoms with Crippen molar-refractivity contribution in [1.29, 1.82) is 0 Å². The van der Waals surface area contributed by atoms with Crippen molar-refractivity contribution in [3.8, 4) is 0 Å². The summed E-state index contributed by atoms with van der Waals surface area (Å²) < 4.78 is 37.1. The van der Waals surface area contributed by atoms with Gasteiger partial charge in [0.25, 0.3) is 0 Å². The van der Waals surface area contributed by atoms with Crippen LogP contribution in [0, 0.1) is 12.7 Å². The second kappa shape index (κ2) is 5.95. The number of aryl methyl sites for hydroxylation is 1. The van der Waals surface area contributed by atoms with E-state index in [2.05, 4.69) is 15.3 Å². The molecule has 0 spiro atoms. The molecule has 0 radical (unpaired) electrons. The first-order valence-electron chi connectivity index (χ1n) is 5.99. The van der Waals surface area contributed by atoms with E-state index >= 15 is 0 Å². The van der Waals surface area contributed by atoms with Crippen LogP contribution in [-0.4, -0.2) is 24.6 Å². The Hall–Kier alpha value is -1.73. The third-order valence-electron chi connectivity index (χ3n) is 2.77. The van der Waals surface area contributed by atoms with Crippen molar-refractivity contribution in [2.75, 3.05) is 11.6 Å². The second-order valence-corrected chi connectivity index (χ2v) is 6.85.